The summed E-state index contributed by atoms with van der Waals surface area (Å²) in [6, 6.07) is 5.77. The van der Waals surface area contributed by atoms with Crippen LogP contribution < -0.4 is 11.1 Å². The van der Waals surface area contributed by atoms with E-state index in [4.69, 9.17) is 17.3 Å². The number of amides is 1. The standard InChI is InChI=1S/C13H20ClN3O3S/c1-13(2,15)9-16-12(18)8-17(3)21(19,20)11-6-4-10(14)5-7-11/h4-7H,8-9,15H2,1-3H3,(H,16,18). The fourth-order valence-electron chi connectivity index (χ4n) is 1.46. The van der Waals surface area contributed by atoms with Crippen LogP contribution >= 0.6 is 11.6 Å². The highest BCUT2D eigenvalue weighted by Crippen LogP contribution is 2.17. The van der Waals surface area contributed by atoms with Gasteiger partial charge in [0.05, 0.1) is 11.4 Å². The molecule has 0 bridgehead atoms. The highest BCUT2D eigenvalue weighted by molar-refractivity contribution is 7.89. The van der Waals surface area contributed by atoms with E-state index >= 15 is 0 Å². The lowest BCUT2D eigenvalue weighted by Crippen LogP contribution is -2.47. The van der Waals surface area contributed by atoms with Crippen molar-refractivity contribution in [3.8, 4) is 0 Å². The minimum atomic E-state index is -3.72. The van der Waals surface area contributed by atoms with E-state index in [9.17, 15) is 13.2 Å². The number of carbonyl (C=O) groups is 1. The molecule has 8 heteroatoms. The zero-order chi connectivity index (χ0) is 16.3. The van der Waals surface area contributed by atoms with Crippen LogP contribution in [0.15, 0.2) is 29.2 Å². The summed E-state index contributed by atoms with van der Waals surface area (Å²) >= 11 is 5.73. The highest BCUT2D eigenvalue weighted by Gasteiger charge is 2.23. The number of nitrogens with zero attached hydrogens (tertiary/aromatic N) is 1. The van der Waals surface area contributed by atoms with Crippen LogP contribution in [0.3, 0.4) is 0 Å². The molecule has 1 amide bonds. The Morgan fingerprint density at radius 3 is 2.33 bits per heavy atom. The van der Waals surface area contributed by atoms with Crippen LogP contribution in [-0.4, -0.2) is 44.3 Å². The maximum atomic E-state index is 12.3. The number of carbonyl (C=O) groups excluding carboxylic acids is 1. The topological polar surface area (TPSA) is 92.5 Å². The molecule has 118 valence electrons. The van der Waals surface area contributed by atoms with Crippen molar-refractivity contribution < 1.29 is 13.2 Å². The van der Waals surface area contributed by atoms with Gasteiger partial charge >= 0.3 is 0 Å². The molecule has 3 N–H and O–H groups in total. The molecule has 0 fully saturated rings. The van der Waals surface area contributed by atoms with Gasteiger partial charge in [-0.15, -0.1) is 0 Å². The van der Waals surface area contributed by atoms with Crippen LogP contribution in [0.5, 0.6) is 0 Å². The zero-order valence-electron chi connectivity index (χ0n) is 12.3. The molecule has 6 nitrogen and oxygen atoms in total. The first-order valence-electron chi connectivity index (χ1n) is 6.30. The lowest BCUT2D eigenvalue weighted by molar-refractivity contribution is -0.121. The Kier molecular flexibility index (Phi) is 5.75. The Morgan fingerprint density at radius 2 is 1.86 bits per heavy atom. The third-order valence-corrected chi connectivity index (χ3v) is 4.70. The molecule has 0 saturated carbocycles. The van der Waals surface area contributed by atoms with E-state index in [0.29, 0.717) is 5.02 Å². The van der Waals surface area contributed by atoms with E-state index in [1.165, 1.54) is 31.3 Å². The van der Waals surface area contributed by atoms with Crippen molar-refractivity contribution in [3.05, 3.63) is 29.3 Å². The highest BCUT2D eigenvalue weighted by atomic mass is 35.5. The first kappa shape index (κ1) is 17.9. The zero-order valence-corrected chi connectivity index (χ0v) is 13.8. The summed E-state index contributed by atoms with van der Waals surface area (Å²) in [6.07, 6.45) is 0. The lowest BCUT2D eigenvalue weighted by atomic mass is 10.1. The van der Waals surface area contributed by atoms with Crippen molar-refractivity contribution >= 4 is 27.5 Å². The van der Waals surface area contributed by atoms with E-state index in [-0.39, 0.29) is 18.0 Å². The average Bonchev–Trinajstić information content (AvgIpc) is 2.36. The Morgan fingerprint density at radius 1 is 1.33 bits per heavy atom. The third-order valence-electron chi connectivity index (χ3n) is 2.63. The number of likely N-dealkylation sites (N-methyl/N-ethyl adjacent to an activating group) is 1. The summed E-state index contributed by atoms with van der Waals surface area (Å²) in [6.45, 7) is 3.52. The molecule has 21 heavy (non-hydrogen) atoms. The van der Waals surface area contributed by atoms with Gasteiger partial charge in [0.15, 0.2) is 0 Å². The predicted octanol–water partition coefficient (Wildman–Crippen LogP) is 0.814. The first-order chi connectivity index (χ1) is 9.52. The number of rotatable bonds is 6. The SMILES string of the molecule is CN(CC(=O)NCC(C)(C)N)S(=O)(=O)c1ccc(Cl)cc1. The smallest absolute Gasteiger partial charge is 0.243 e. The van der Waals surface area contributed by atoms with Crippen LogP contribution in [0.2, 0.25) is 5.02 Å². The molecule has 0 saturated heterocycles. The maximum absolute atomic E-state index is 12.3. The number of nitrogens with two attached hydrogens (primary N) is 1. The summed E-state index contributed by atoms with van der Waals surface area (Å²) in [7, 11) is -2.38. The Balaban J connectivity index is 2.72. The van der Waals surface area contributed by atoms with Crippen LogP contribution in [0, 0.1) is 0 Å². The molecule has 0 aliphatic carbocycles. The van der Waals surface area contributed by atoms with E-state index in [2.05, 4.69) is 5.32 Å². The van der Waals surface area contributed by atoms with E-state index < -0.39 is 21.5 Å². The predicted molar refractivity (Wildman–Crippen MR) is 82.5 cm³/mol. The van der Waals surface area contributed by atoms with Crippen LogP contribution in [0.25, 0.3) is 0 Å². The molecule has 0 aromatic heterocycles. The van der Waals surface area contributed by atoms with Gasteiger partial charge in [-0.2, -0.15) is 4.31 Å². The Bertz CT molecular complexity index is 594. The second kappa shape index (κ2) is 6.74. The number of sulfonamides is 1. The number of hydrogen-bond donors (Lipinski definition) is 2. The second-order valence-electron chi connectivity index (χ2n) is 5.48. The number of benzene rings is 1. The molecule has 1 rings (SSSR count). The van der Waals surface area contributed by atoms with E-state index in [0.717, 1.165) is 4.31 Å². The molecule has 1 aromatic rings. The molecule has 0 aliphatic rings. The molecule has 0 radical (unpaired) electrons. The summed E-state index contributed by atoms with van der Waals surface area (Å²) in [5.41, 5.74) is 5.19. The van der Waals surface area contributed by atoms with E-state index in [1.807, 2.05) is 0 Å². The van der Waals surface area contributed by atoms with Gasteiger partial charge in [-0.05, 0) is 38.1 Å². The van der Waals surface area contributed by atoms with Gasteiger partial charge in [0.2, 0.25) is 15.9 Å². The Labute approximate surface area is 130 Å². The fourth-order valence-corrected chi connectivity index (χ4v) is 2.71. The summed E-state index contributed by atoms with van der Waals surface area (Å²) in [5, 5.41) is 3.04. The van der Waals surface area contributed by atoms with Crippen molar-refractivity contribution in [2.24, 2.45) is 5.73 Å². The number of halogens is 1. The van der Waals surface area contributed by atoms with Gasteiger partial charge in [-0.1, -0.05) is 11.6 Å². The molecule has 0 unspecified atom stereocenters. The fraction of sp³-hybridized carbons (Fsp3) is 0.462. The van der Waals surface area contributed by atoms with E-state index in [1.54, 1.807) is 13.8 Å². The molecule has 0 aliphatic heterocycles. The average molecular weight is 334 g/mol. The van der Waals surface area contributed by atoms with Crippen molar-refractivity contribution in [1.82, 2.24) is 9.62 Å². The second-order valence-corrected chi connectivity index (χ2v) is 7.96. The van der Waals surface area contributed by atoms with Crippen molar-refractivity contribution in [1.29, 1.82) is 0 Å². The van der Waals surface area contributed by atoms with Gasteiger partial charge < -0.3 is 11.1 Å². The molecular weight excluding hydrogens is 314 g/mol. The maximum Gasteiger partial charge on any atom is 0.243 e. The summed E-state index contributed by atoms with van der Waals surface area (Å²) < 4.78 is 25.5. The molecule has 1 aromatic carbocycles. The van der Waals surface area contributed by atoms with Crippen molar-refractivity contribution in [2.75, 3.05) is 20.1 Å². The van der Waals surface area contributed by atoms with Crippen LogP contribution in [0.1, 0.15) is 13.8 Å². The largest absolute Gasteiger partial charge is 0.353 e. The number of hydrogen-bond acceptors (Lipinski definition) is 4. The quantitative estimate of drug-likeness (QED) is 0.806. The van der Waals surface area contributed by atoms with Gasteiger partial charge in [-0.25, -0.2) is 8.42 Å². The number of nitrogens with one attached hydrogen (secondary N) is 1. The normalized spacial score (nSPS) is 12.5. The van der Waals surface area contributed by atoms with Crippen molar-refractivity contribution in [2.45, 2.75) is 24.3 Å². The van der Waals surface area contributed by atoms with Crippen LogP contribution in [-0.2, 0) is 14.8 Å². The van der Waals surface area contributed by atoms with Crippen molar-refractivity contribution in [3.63, 3.8) is 0 Å². The van der Waals surface area contributed by atoms with Gasteiger partial charge in [0.1, 0.15) is 0 Å². The molecule has 0 heterocycles. The molecule has 0 spiro atoms. The lowest BCUT2D eigenvalue weighted by Gasteiger charge is -2.21. The minimum Gasteiger partial charge on any atom is -0.353 e. The minimum absolute atomic E-state index is 0.0846. The Hall–Kier alpha value is -1.15. The molecule has 0 atom stereocenters. The van der Waals surface area contributed by atoms with Gasteiger partial charge in [0.25, 0.3) is 0 Å². The summed E-state index contributed by atoms with van der Waals surface area (Å²) in [5.74, 6) is -0.409. The van der Waals surface area contributed by atoms with Gasteiger partial charge in [-0.3, -0.25) is 4.79 Å². The third kappa shape index (κ3) is 5.62. The first-order valence-corrected chi connectivity index (χ1v) is 8.12. The monoisotopic (exact) mass is 333 g/mol. The van der Waals surface area contributed by atoms with Gasteiger partial charge in [0, 0.05) is 24.2 Å². The molecular formula is C13H20ClN3O3S. The van der Waals surface area contributed by atoms with Crippen LogP contribution in [0.4, 0.5) is 0 Å². The summed E-state index contributed by atoms with van der Waals surface area (Å²) in [4.78, 5) is 11.8.